The summed E-state index contributed by atoms with van der Waals surface area (Å²) in [6, 6.07) is 12.7. The van der Waals surface area contributed by atoms with E-state index in [0.29, 0.717) is 38.0 Å². The lowest BCUT2D eigenvalue weighted by molar-refractivity contribution is -0.120. The summed E-state index contributed by atoms with van der Waals surface area (Å²) in [5.74, 6) is -0.260. The van der Waals surface area contributed by atoms with Crippen LogP contribution in [0.1, 0.15) is 30.4 Å². The summed E-state index contributed by atoms with van der Waals surface area (Å²) >= 11 is 0. The number of rotatable bonds is 3. The van der Waals surface area contributed by atoms with E-state index in [1.165, 1.54) is 11.6 Å². The van der Waals surface area contributed by atoms with E-state index in [1.807, 2.05) is 23.1 Å². The van der Waals surface area contributed by atoms with Crippen molar-refractivity contribution in [2.45, 2.75) is 38.2 Å². The van der Waals surface area contributed by atoms with E-state index in [9.17, 15) is 14.3 Å². The zero-order valence-electron chi connectivity index (χ0n) is 15.3. The van der Waals surface area contributed by atoms with E-state index in [-0.39, 0.29) is 23.7 Å². The van der Waals surface area contributed by atoms with E-state index in [2.05, 4.69) is 11.4 Å². The van der Waals surface area contributed by atoms with Gasteiger partial charge in [0.05, 0.1) is 11.8 Å². The zero-order chi connectivity index (χ0) is 18.8. The van der Waals surface area contributed by atoms with E-state index in [0.717, 1.165) is 24.1 Å². The van der Waals surface area contributed by atoms with Gasteiger partial charge in [0.15, 0.2) is 0 Å². The van der Waals surface area contributed by atoms with Crippen LogP contribution in [-0.4, -0.2) is 30.2 Å². The molecule has 0 radical (unpaired) electrons. The maximum Gasteiger partial charge on any atom is 0.227 e. The number of para-hydroxylation sites is 1. The highest BCUT2D eigenvalue weighted by molar-refractivity contribution is 5.93. The fourth-order valence-corrected chi connectivity index (χ4v) is 4.21. The maximum absolute atomic E-state index is 14.0. The van der Waals surface area contributed by atoms with Crippen molar-refractivity contribution >= 4 is 17.3 Å². The molecule has 1 atom stereocenters. The summed E-state index contributed by atoms with van der Waals surface area (Å²) < 4.78 is 14.0. The SMILES string of the molecule is O=C(Nc1cccc2c1CC(O)CC2)C1CCN(c2ccccc2F)CC1. The molecule has 2 N–H and O–H groups in total. The van der Waals surface area contributed by atoms with Gasteiger partial charge in [-0.25, -0.2) is 4.39 Å². The molecule has 2 aromatic carbocycles. The van der Waals surface area contributed by atoms with Crippen LogP contribution < -0.4 is 10.2 Å². The van der Waals surface area contributed by atoms with E-state index in [4.69, 9.17) is 0 Å². The van der Waals surface area contributed by atoms with Gasteiger partial charge in [0, 0.05) is 31.1 Å². The topological polar surface area (TPSA) is 52.6 Å². The Kier molecular flexibility index (Phi) is 5.12. The van der Waals surface area contributed by atoms with Crippen molar-refractivity contribution in [2.24, 2.45) is 5.92 Å². The van der Waals surface area contributed by atoms with Crippen molar-refractivity contribution < 1.29 is 14.3 Å². The number of amides is 1. The summed E-state index contributed by atoms with van der Waals surface area (Å²) in [6.07, 6.45) is 3.30. The van der Waals surface area contributed by atoms with Crippen LogP contribution in [0.3, 0.4) is 0 Å². The molecule has 1 unspecified atom stereocenters. The van der Waals surface area contributed by atoms with Gasteiger partial charge in [0.2, 0.25) is 5.91 Å². The summed E-state index contributed by atoms with van der Waals surface area (Å²) in [4.78, 5) is 14.8. The molecule has 5 heteroatoms. The molecule has 1 fully saturated rings. The largest absolute Gasteiger partial charge is 0.393 e. The summed E-state index contributed by atoms with van der Waals surface area (Å²) in [7, 11) is 0. The molecule has 1 aliphatic carbocycles. The molecule has 0 spiro atoms. The monoisotopic (exact) mass is 368 g/mol. The van der Waals surface area contributed by atoms with Crippen molar-refractivity contribution in [2.75, 3.05) is 23.3 Å². The number of piperidine rings is 1. The van der Waals surface area contributed by atoms with Crippen molar-refractivity contribution in [3.63, 3.8) is 0 Å². The van der Waals surface area contributed by atoms with Gasteiger partial charge in [-0.15, -0.1) is 0 Å². The first-order valence-corrected chi connectivity index (χ1v) is 9.71. The molecule has 4 rings (SSSR count). The van der Waals surface area contributed by atoms with Crippen LogP contribution in [0, 0.1) is 11.7 Å². The second-order valence-electron chi connectivity index (χ2n) is 7.54. The number of nitrogens with one attached hydrogen (secondary N) is 1. The Morgan fingerprint density at radius 3 is 2.63 bits per heavy atom. The highest BCUT2D eigenvalue weighted by Crippen LogP contribution is 2.30. The quantitative estimate of drug-likeness (QED) is 0.871. The first-order chi connectivity index (χ1) is 13.1. The zero-order valence-corrected chi connectivity index (χ0v) is 15.3. The molecule has 1 saturated heterocycles. The lowest BCUT2D eigenvalue weighted by Crippen LogP contribution is -2.38. The summed E-state index contributed by atoms with van der Waals surface area (Å²) in [5.41, 5.74) is 3.72. The van der Waals surface area contributed by atoms with Crippen LogP contribution in [0.15, 0.2) is 42.5 Å². The third kappa shape index (κ3) is 3.83. The van der Waals surface area contributed by atoms with Gasteiger partial charge in [-0.2, -0.15) is 0 Å². The van der Waals surface area contributed by atoms with E-state index < -0.39 is 0 Å². The Labute approximate surface area is 159 Å². The van der Waals surface area contributed by atoms with Gasteiger partial charge in [0.1, 0.15) is 5.82 Å². The van der Waals surface area contributed by atoms with Gasteiger partial charge in [0.25, 0.3) is 0 Å². The number of carbonyl (C=O) groups excluding carboxylic acids is 1. The van der Waals surface area contributed by atoms with Gasteiger partial charge in [-0.1, -0.05) is 24.3 Å². The summed E-state index contributed by atoms with van der Waals surface area (Å²) in [5, 5.41) is 13.1. The number of benzene rings is 2. The highest BCUT2D eigenvalue weighted by atomic mass is 19.1. The first-order valence-electron chi connectivity index (χ1n) is 9.71. The number of hydrogen-bond donors (Lipinski definition) is 2. The van der Waals surface area contributed by atoms with Crippen LogP contribution >= 0.6 is 0 Å². The molecular weight excluding hydrogens is 343 g/mol. The first kappa shape index (κ1) is 18.0. The van der Waals surface area contributed by atoms with Crippen LogP contribution in [-0.2, 0) is 17.6 Å². The fraction of sp³-hybridized carbons (Fsp3) is 0.409. The number of halogens is 1. The molecule has 4 nitrogen and oxygen atoms in total. The standard InChI is InChI=1S/C22H25FN2O2/c23-19-5-1-2-7-21(19)25-12-10-16(11-13-25)22(27)24-20-6-3-4-15-8-9-17(26)14-18(15)20/h1-7,16-17,26H,8-14H2,(H,24,27). The minimum absolute atomic E-state index is 0.0247. The number of aliphatic hydroxyl groups excluding tert-OH is 1. The molecule has 142 valence electrons. The van der Waals surface area contributed by atoms with Crippen molar-refractivity contribution in [1.82, 2.24) is 0 Å². The Morgan fingerprint density at radius 1 is 1.07 bits per heavy atom. The molecule has 0 bridgehead atoms. The van der Waals surface area contributed by atoms with Gasteiger partial charge >= 0.3 is 0 Å². The third-order valence-corrected chi connectivity index (χ3v) is 5.78. The molecule has 2 aliphatic rings. The van der Waals surface area contributed by atoms with E-state index >= 15 is 0 Å². The molecule has 27 heavy (non-hydrogen) atoms. The number of aliphatic hydroxyl groups is 1. The molecule has 0 aromatic heterocycles. The molecule has 1 heterocycles. The van der Waals surface area contributed by atoms with E-state index in [1.54, 1.807) is 12.1 Å². The van der Waals surface area contributed by atoms with Crippen LogP contribution in [0.4, 0.5) is 15.8 Å². The number of hydrogen-bond acceptors (Lipinski definition) is 3. The Balaban J connectivity index is 1.40. The maximum atomic E-state index is 14.0. The number of carbonyl (C=O) groups is 1. The Hall–Kier alpha value is -2.40. The molecular formula is C22H25FN2O2. The third-order valence-electron chi connectivity index (χ3n) is 5.78. The van der Waals surface area contributed by atoms with Gasteiger partial charge in [-0.05, 0) is 55.0 Å². The number of anilines is 2. The van der Waals surface area contributed by atoms with Crippen molar-refractivity contribution in [1.29, 1.82) is 0 Å². The smallest absolute Gasteiger partial charge is 0.227 e. The fourth-order valence-electron chi connectivity index (χ4n) is 4.21. The van der Waals surface area contributed by atoms with Crippen LogP contribution in [0.2, 0.25) is 0 Å². The molecule has 2 aromatic rings. The lowest BCUT2D eigenvalue weighted by Gasteiger charge is -2.33. The van der Waals surface area contributed by atoms with Crippen LogP contribution in [0.5, 0.6) is 0 Å². The number of aryl methyl sites for hydroxylation is 1. The highest BCUT2D eigenvalue weighted by Gasteiger charge is 2.27. The van der Waals surface area contributed by atoms with Crippen molar-refractivity contribution in [3.05, 3.63) is 59.4 Å². The average molecular weight is 368 g/mol. The molecule has 1 amide bonds. The minimum atomic E-state index is -0.334. The lowest BCUT2D eigenvalue weighted by atomic mass is 9.88. The van der Waals surface area contributed by atoms with Gasteiger partial charge < -0.3 is 15.3 Å². The predicted octanol–water partition coefficient (Wildman–Crippen LogP) is 3.53. The second kappa shape index (κ2) is 7.69. The average Bonchev–Trinajstić information content (AvgIpc) is 2.69. The molecule has 0 saturated carbocycles. The van der Waals surface area contributed by atoms with Crippen LogP contribution in [0.25, 0.3) is 0 Å². The van der Waals surface area contributed by atoms with Crippen molar-refractivity contribution in [3.8, 4) is 0 Å². The normalized spacial score (nSPS) is 20.2. The van der Waals surface area contributed by atoms with Gasteiger partial charge in [-0.3, -0.25) is 4.79 Å². The number of nitrogens with zero attached hydrogens (tertiary/aromatic N) is 1. The summed E-state index contributed by atoms with van der Waals surface area (Å²) in [6.45, 7) is 1.34. The Bertz CT molecular complexity index is 831. The second-order valence-corrected chi connectivity index (χ2v) is 7.54. The number of fused-ring (bicyclic) bond motifs is 1. The predicted molar refractivity (Wildman–Crippen MR) is 104 cm³/mol. The minimum Gasteiger partial charge on any atom is -0.393 e. The molecule has 1 aliphatic heterocycles. The Morgan fingerprint density at radius 2 is 1.85 bits per heavy atom.